The van der Waals surface area contributed by atoms with E-state index < -0.39 is 5.41 Å². The Morgan fingerprint density at radius 3 is 2.23 bits per heavy atom. The van der Waals surface area contributed by atoms with Crippen LogP contribution in [0, 0.1) is 12.3 Å². The Labute approximate surface area is 135 Å². The molecule has 0 radical (unpaired) electrons. The molecule has 0 aliphatic heterocycles. The van der Waals surface area contributed by atoms with Crippen LogP contribution in [0.15, 0.2) is 24.3 Å². The number of rotatable bonds is 8. The van der Waals surface area contributed by atoms with Crippen molar-refractivity contribution in [1.82, 2.24) is 5.32 Å². The van der Waals surface area contributed by atoms with Gasteiger partial charge in [0.15, 0.2) is 0 Å². The second-order valence-electron chi connectivity index (χ2n) is 7.24. The minimum atomic E-state index is -0.571. The number of methoxy groups -OCH3 is 1. The number of carbonyl (C=O) groups is 1. The SMILES string of the molecule is CNCC(C)(C)CCCC(C)(C(=O)OC)c1ccc(C)cc1. The molecule has 1 rings (SSSR count). The van der Waals surface area contributed by atoms with Crippen LogP contribution in [-0.4, -0.2) is 26.7 Å². The molecule has 1 atom stereocenters. The van der Waals surface area contributed by atoms with E-state index >= 15 is 0 Å². The van der Waals surface area contributed by atoms with Crippen LogP contribution in [0.5, 0.6) is 0 Å². The van der Waals surface area contributed by atoms with Crippen LogP contribution in [0.25, 0.3) is 0 Å². The monoisotopic (exact) mass is 305 g/mol. The summed E-state index contributed by atoms with van der Waals surface area (Å²) in [6.07, 6.45) is 2.87. The summed E-state index contributed by atoms with van der Waals surface area (Å²) in [4.78, 5) is 12.4. The van der Waals surface area contributed by atoms with Crippen molar-refractivity contribution in [2.24, 2.45) is 5.41 Å². The largest absolute Gasteiger partial charge is 0.468 e. The van der Waals surface area contributed by atoms with Gasteiger partial charge in [0.2, 0.25) is 0 Å². The minimum absolute atomic E-state index is 0.150. The number of aryl methyl sites for hydroxylation is 1. The van der Waals surface area contributed by atoms with Gasteiger partial charge in [-0.3, -0.25) is 4.79 Å². The maximum atomic E-state index is 12.4. The fourth-order valence-corrected chi connectivity index (χ4v) is 3.00. The summed E-state index contributed by atoms with van der Waals surface area (Å²) in [6, 6.07) is 8.21. The Bertz CT molecular complexity index is 479. The highest BCUT2D eigenvalue weighted by molar-refractivity contribution is 5.82. The lowest BCUT2D eigenvalue weighted by atomic mass is 9.76. The summed E-state index contributed by atoms with van der Waals surface area (Å²) < 4.78 is 5.08. The van der Waals surface area contributed by atoms with E-state index in [-0.39, 0.29) is 11.4 Å². The average molecular weight is 305 g/mol. The second kappa shape index (κ2) is 7.77. The number of benzene rings is 1. The second-order valence-corrected chi connectivity index (χ2v) is 7.24. The fraction of sp³-hybridized carbons (Fsp3) is 0.632. The Kier molecular flexibility index (Phi) is 6.61. The van der Waals surface area contributed by atoms with Crippen molar-refractivity contribution in [2.75, 3.05) is 20.7 Å². The zero-order chi connectivity index (χ0) is 16.8. The highest BCUT2D eigenvalue weighted by atomic mass is 16.5. The summed E-state index contributed by atoms with van der Waals surface area (Å²) >= 11 is 0. The topological polar surface area (TPSA) is 38.3 Å². The Morgan fingerprint density at radius 1 is 1.14 bits per heavy atom. The number of carbonyl (C=O) groups excluding carboxylic acids is 1. The van der Waals surface area contributed by atoms with Gasteiger partial charge < -0.3 is 10.1 Å². The molecule has 0 aromatic heterocycles. The van der Waals surface area contributed by atoms with Gasteiger partial charge in [-0.2, -0.15) is 0 Å². The van der Waals surface area contributed by atoms with Crippen LogP contribution in [0.1, 0.15) is 51.2 Å². The van der Waals surface area contributed by atoms with Gasteiger partial charge in [-0.15, -0.1) is 0 Å². The van der Waals surface area contributed by atoms with Gasteiger partial charge in [0.05, 0.1) is 12.5 Å². The number of hydrogen-bond donors (Lipinski definition) is 1. The molecule has 3 heteroatoms. The molecule has 0 aliphatic carbocycles. The number of nitrogens with one attached hydrogen (secondary N) is 1. The third-order valence-corrected chi connectivity index (χ3v) is 4.51. The highest BCUT2D eigenvalue weighted by Gasteiger charge is 2.36. The molecule has 124 valence electrons. The molecule has 22 heavy (non-hydrogen) atoms. The van der Waals surface area contributed by atoms with E-state index in [0.717, 1.165) is 31.4 Å². The maximum absolute atomic E-state index is 12.4. The lowest BCUT2D eigenvalue weighted by molar-refractivity contribution is -0.147. The molecule has 1 unspecified atom stereocenters. The van der Waals surface area contributed by atoms with Gasteiger partial charge >= 0.3 is 5.97 Å². The lowest BCUT2D eigenvalue weighted by Crippen LogP contribution is -2.34. The normalized spacial score (nSPS) is 14.5. The Hall–Kier alpha value is -1.35. The van der Waals surface area contributed by atoms with Gasteiger partial charge in [-0.05, 0) is 51.3 Å². The van der Waals surface area contributed by atoms with Crippen LogP contribution in [0.4, 0.5) is 0 Å². The van der Waals surface area contributed by atoms with E-state index in [1.54, 1.807) is 0 Å². The molecule has 0 bridgehead atoms. The molecule has 0 heterocycles. The lowest BCUT2D eigenvalue weighted by Gasteiger charge is -2.30. The van der Waals surface area contributed by atoms with Gasteiger partial charge in [0.25, 0.3) is 0 Å². The maximum Gasteiger partial charge on any atom is 0.315 e. The predicted molar refractivity (Wildman–Crippen MR) is 92.1 cm³/mol. The van der Waals surface area contributed by atoms with Gasteiger partial charge in [0.1, 0.15) is 0 Å². The first kappa shape index (κ1) is 18.7. The molecule has 0 spiro atoms. The highest BCUT2D eigenvalue weighted by Crippen LogP contribution is 2.33. The third-order valence-electron chi connectivity index (χ3n) is 4.51. The van der Waals surface area contributed by atoms with Crippen molar-refractivity contribution >= 4 is 5.97 Å². The summed E-state index contributed by atoms with van der Waals surface area (Å²) in [5.41, 5.74) is 1.90. The van der Waals surface area contributed by atoms with E-state index in [0.29, 0.717) is 0 Å². The van der Waals surface area contributed by atoms with Gasteiger partial charge in [0, 0.05) is 0 Å². The molecular weight excluding hydrogens is 274 g/mol. The first-order valence-electron chi connectivity index (χ1n) is 8.05. The van der Waals surface area contributed by atoms with E-state index in [2.05, 4.69) is 38.2 Å². The van der Waals surface area contributed by atoms with Crippen LogP contribution in [0.2, 0.25) is 0 Å². The smallest absolute Gasteiger partial charge is 0.315 e. The zero-order valence-corrected chi connectivity index (χ0v) is 15.0. The fourth-order valence-electron chi connectivity index (χ4n) is 3.00. The van der Waals surface area contributed by atoms with Crippen molar-refractivity contribution in [3.8, 4) is 0 Å². The van der Waals surface area contributed by atoms with E-state index in [4.69, 9.17) is 4.74 Å². The predicted octanol–water partition coefficient (Wildman–Crippen LogP) is 3.84. The summed E-state index contributed by atoms with van der Waals surface area (Å²) in [7, 11) is 3.45. The van der Waals surface area contributed by atoms with Crippen LogP contribution in [0.3, 0.4) is 0 Å². The van der Waals surface area contributed by atoms with Crippen molar-refractivity contribution < 1.29 is 9.53 Å². The molecule has 3 nitrogen and oxygen atoms in total. The molecule has 0 saturated heterocycles. The van der Waals surface area contributed by atoms with Crippen molar-refractivity contribution in [3.63, 3.8) is 0 Å². The molecule has 0 aliphatic rings. The number of hydrogen-bond acceptors (Lipinski definition) is 3. The van der Waals surface area contributed by atoms with E-state index in [9.17, 15) is 4.79 Å². The quantitative estimate of drug-likeness (QED) is 0.742. The molecule has 1 N–H and O–H groups in total. The van der Waals surface area contributed by atoms with Crippen LogP contribution < -0.4 is 5.32 Å². The summed E-state index contributed by atoms with van der Waals surface area (Å²) in [5, 5.41) is 3.24. The van der Waals surface area contributed by atoms with Crippen LogP contribution in [-0.2, 0) is 14.9 Å². The molecule has 0 fully saturated rings. The van der Waals surface area contributed by atoms with E-state index in [1.165, 1.54) is 12.7 Å². The first-order chi connectivity index (χ1) is 10.2. The zero-order valence-electron chi connectivity index (χ0n) is 15.0. The standard InChI is InChI=1S/C19H31NO2/c1-15-8-10-16(11-9-15)19(4,17(21)22-6)13-7-12-18(2,3)14-20-5/h8-11,20H,7,12-14H2,1-6H3. The average Bonchev–Trinajstić information content (AvgIpc) is 2.46. The number of esters is 1. The molecule has 0 amide bonds. The molecule has 1 aromatic carbocycles. The van der Waals surface area contributed by atoms with Crippen molar-refractivity contribution in [3.05, 3.63) is 35.4 Å². The Morgan fingerprint density at radius 2 is 1.73 bits per heavy atom. The van der Waals surface area contributed by atoms with Gasteiger partial charge in [-0.1, -0.05) is 50.1 Å². The van der Waals surface area contributed by atoms with Crippen LogP contribution >= 0.6 is 0 Å². The molecule has 1 aromatic rings. The van der Waals surface area contributed by atoms with Crippen molar-refractivity contribution in [1.29, 1.82) is 0 Å². The molecular formula is C19H31NO2. The summed E-state index contributed by atoms with van der Waals surface area (Å²) in [5.74, 6) is -0.150. The van der Waals surface area contributed by atoms with Crippen molar-refractivity contribution in [2.45, 2.75) is 52.4 Å². The summed E-state index contributed by atoms with van der Waals surface area (Å²) in [6.45, 7) is 9.54. The number of ether oxygens (including phenoxy) is 1. The van der Waals surface area contributed by atoms with E-state index in [1.807, 2.05) is 26.1 Å². The molecule has 0 saturated carbocycles. The minimum Gasteiger partial charge on any atom is -0.468 e. The van der Waals surface area contributed by atoms with Gasteiger partial charge in [-0.25, -0.2) is 0 Å². The first-order valence-corrected chi connectivity index (χ1v) is 8.05. The third kappa shape index (κ3) is 4.84. The Balaban J connectivity index is 2.85.